The normalized spacial score (nSPS) is 19.7. The van der Waals surface area contributed by atoms with Gasteiger partial charge in [0, 0.05) is 11.5 Å². The summed E-state index contributed by atoms with van der Waals surface area (Å²) in [6, 6.07) is 23.2. The third kappa shape index (κ3) is 2.65. The first-order valence-corrected chi connectivity index (χ1v) is 9.38. The first kappa shape index (κ1) is 17.1. The Kier molecular flexibility index (Phi) is 4.11. The van der Waals surface area contributed by atoms with Crippen molar-refractivity contribution in [2.24, 2.45) is 11.3 Å². The fraction of sp³-hybridized carbons (Fsp3) is 0.182. The summed E-state index contributed by atoms with van der Waals surface area (Å²) < 4.78 is 0. The minimum atomic E-state index is -1.30. The lowest BCUT2D eigenvalue weighted by atomic mass is 10.0. The molecule has 1 saturated carbocycles. The molecule has 130 valence electrons. The Morgan fingerprint density at radius 3 is 2.22 bits per heavy atom. The molecule has 4 rings (SSSR count). The van der Waals surface area contributed by atoms with E-state index in [1.807, 2.05) is 60.7 Å². The fourth-order valence-electron chi connectivity index (χ4n) is 3.64. The van der Waals surface area contributed by atoms with E-state index in [2.05, 4.69) is 17.1 Å². The van der Waals surface area contributed by atoms with Crippen molar-refractivity contribution < 1.29 is 4.79 Å². The number of rotatable bonds is 4. The molecule has 0 spiro atoms. The molecule has 0 saturated heterocycles. The predicted octanol–water partition coefficient (Wildman–Crippen LogP) is 4.75. The van der Waals surface area contributed by atoms with Crippen molar-refractivity contribution in [3.8, 4) is 22.7 Å². The van der Waals surface area contributed by atoms with Gasteiger partial charge in [0.2, 0.25) is 0 Å². The Balaban J connectivity index is 1.72. The lowest BCUT2D eigenvalue weighted by Gasteiger charge is -1.98. The van der Waals surface area contributed by atoms with E-state index < -0.39 is 17.3 Å². The highest BCUT2D eigenvalue weighted by molar-refractivity contribution is 7.17. The maximum atomic E-state index is 13.3. The van der Waals surface area contributed by atoms with Gasteiger partial charge in [-0.15, -0.1) is 11.3 Å². The SMILES string of the molecule is Cc1nc(-c2ccccc2)sc1C(=O)[C@H]1[C@H](c2ccccc2)C1(C#N)C#N. The van der Waals surface area contributed by atoms with Crippen LogP contribution in [0.5, 0.6) is 0 Å². The van der Waals surface area contributed by atoms with Crippen molar-refractivity contribution in [1.82, 2.24) is 4.98 Å². The van der Waals surface area contributed by atoms with E-state index in [4.69, 9.17) is 0 Å². The van der Waals surface area contributed by atoms with Gasteiger partial charge in [-0.3, -0.25) is 4.79 Å². The molecule has 0 unspecified atom stereocenters. The number of Topliss-reactive ketones (excluding diaryl/α,β-unsaturated/α-hetero) is 1. The molecule has 2 aromatic carbocycles. The summed E-state index contributed by atoms with van der Waals surface area (Å²) in [5.74, 6) is -1.22. The number of aromatic nitrogens is 1. The van der Waals surface area contributed by atoms with Crippen LogP contribution in [-0.2, 0) is 0 Å². The average Bonchev–Trinajstić information content (AvgIpc) is 3.25. The average molecular weight is 369 g/mol. The van der Waals surface area contributed by atoms with Crippen LogP contribution in [0.1, 0.15) is 26.8 Å². The summed E-state index contributed by atoms with van der Waals surface area (Å²) in [6.45, 7) is 1.80. The molecule has 1 heterocycles. The molecule has 3 aromatic rings. The van der Waals surface area contributed by atoms with Crippen molar-refractivity contribution in [3.63, 3.8) is 0 Å². The highest BCUT2D eigenvalue weighted by atomic mass is 32.1. The van der Waals surface area contributed by atoms with Gasteiger partial charge >= 0.3 is 0 Å². The van der Waals surface area contributed by atoms with Crippen LogP contribution in [0.2, 0.25) is 0 Å². The van der Waals surface area contributed by atoms with Crippen LogP contribution in [0.15, 0.2) is 60.7 Å². The molecule has 0 amide bonds. The van der Waals surface area contributed by atoms with Crippen LogP contribution in [0, 0.1) is 40.9 Å². The zero-order chi connectivity index (χ0) is 19.0. The second-order valence-corrected chi connectivity index (χ2v) is 7.62. The number of thiazole rings is 1. The van der Waals surface area contributed by atoms with Crippen LogP contribution >= 0.6 is 11.3 Å². The molecule has 1 aliphatic carbocycles. The van der Waals surface area contributed by atoms with E-state index in [0.29, 0.717) is 10.6 Å². The minimum absolute atomic E-state index is 0.163. The molecule has 0 bridgehead atoms. The van der Waals surface area contributed by atoms with Crippen LogP contribution in [0.4, 0.5) is 0 Å². The predicted molar refractivity (Wildman–Crippen MR) is 103 cm³/mol. The standard InChI is InChI=1S/C22H15N3OS/c1-14-20(27-21(25-14)16-10-6-3-7-11-16)19(26)18-17(22(18,12-23)13-24)15-8-4-2-5-9-15/h2-11,17-18H,1H3/t17-,18+/m0/s1. The van der Waals surface area contributed by atoms with E-state index in [9.17, 15) is 15.3 Å². The summed E-state index contributed by atoms with van der Waals surface area (Å²) in [7, 11) is 0. The maximum absolute atomic E-state index is 13.3. The summed E-state index contributed by atoms with van der Waals surface area (Å²) >= 11 is 1.33. The number of hydrogen-bond donors (Lipinski definition) is 0. The molecule has 27 heavy (non-hydrogen) atoms. The van der Waals surface area contributed by atoms with Crippen molar-refractivity contribution >= 4 is 17.1 Å². The van der Waals surface area contributed by atoms with Crippen LogP contribution < -0.4 is 0 Å². The van der Waals surface area contributed by atoms with Gasteiger partial charge in [0.1, 0.15) is 5.01 Å². The maximum Gasteiger partial charge on any atom is 0.181 e. The van der Waals surface area contributed by atoms with E-state index in [1.165, 1.54) is 11.3 Å². The number of carbonyl (C=O) groups excluding carboxylic acids is 1. The number of benzene rings is 2. The third-order valence-electron chi connectivity index (χ3n) is 5.06. The quantitative estimate of drug-likeness (QED) is 0.622. The molecule has 4 nitrogen and oxygen atoms in total. The Hall–Kier alpha value is -3.28. The van der Waals surface area contributed by atoms with Crippen molar-refractivity contribution in [2.75, 3.05) is 0 Å². The summed E-state index contributed by atoms with van der Waals surface area (Å²) in [6.07, 6.45) is 0. The highest BCUT2D eigenvalue weighted by Gasteiger charge is 2.70. The van der Waals surface area contributed by atoms with Gasteiger partial charge in [0.05, 0.1) is 28.6 Å². The molecular formula is C22H15N3OS. The van der Waals surface area contributed by atoms with Crippen molar-refractivity contribution in [3.05, 3.63) is 76.8 Å². The van der Waals surface area contributed by atoms with Gasteiger partial charge < -0.3 is 0 Å². The van der Waals surface area contributed by atoms with Crippen LogP contribution in [-0.4, -0.2) is 10.8 Å². The molecule has 0 N–H and O–H groups in total. The largest absolute Gasteiger partial charge is 0.293 e. The van der Waals surface area contributed by atoms with Gasteiger partial charge in [-0.1, -0.05) is 60.7 Å². The Morgan fingerprint density at radius 2 is 1.63 bits per heavy atom. The Morgan fingerprint density at radius 1 is 1.04 bits per heavy atom. The van der Waals surface area contributed by atoms with Crippen LogP contribution in [0.3, 0.4) is 0 Å². The number of hydrogen-bond acceptors (Lipinski definition) is 5. The topological polar surface area (TPSA) is 77.5 Å². The van der Waals surface area contributed by atoms with Crippen molar-refractivity contribution in [1.29, 1.82) is 10.5 Å². The lowest BCUT2D eigenvalue weighted by Crippen LogP contribution is -2.08. The van der Waals surface area contributed by atoms with Crippen molar-refractivity contribution in [2.45, 2.75) is 12.8 Å². The number of nitriles is 2. The third-order valence-corrected chi connectivity index (χ3v) is 6.28. The van der Waals surface area contributed by atoms with E-state index in [1.54, 1.807) is 6.92 Å². The van der Waals surface area contributed by atoms with Gasteiger partial charge in [0.25, 0.3) is 0 Å². The van der Waals surface area contributed by atoms with E-state index in [-0.39, 0.29) is 5.78 Å². The number of nitrogens with zero attached hydrogens (tertiary/aromatic N) is 3. The van der Waals surface area contributed by atoms with E-state index >= 15 is 0 Å². The van der Waals surface area contributed by atoms with Gasteiger partial charge in [0.15, 0.2) is 11.2 Å². The monoisotopic (exact) mass is 369 g/mol. The minimum Gasteiger partial charge on any atom is -0.293 e. The molecule has 1 aromatic heterocycles. The van der Waals surface area contributed by atoms with Gasteiger partial charge in [-0.25, -0.2) is 4.98 Å². The molecule has 0 radical (unpaired) electrons. The molecule has 1 fully saturated rings. The first-order chi connectivity index (χ1) is 13.1. The van der Waals surface area contributed by atoms with Gasteiger partial charge in [-0.05, 0) is 12.5 Å². The summed E-state index contributed by atoms with van der Waals surface area (Å²) in [4.78, 5) is 18.3. The number of carbonyl (C=O) groups is 1. The van der Waals surface area contributed by atoms with Gasteiger partial charge in [-0.2, -0.15) is 10.5 Å². The number of aryl methyl sites for hydroxylation is 1. The molecule has 2 atom stereocenters. The second-order valence-electron chi connectivity index (χ2n) is 6.62. The molecule has 5 heteroatoms. The second kappa shape index (κ2) is 6.46. The Bertz CT molecular complexity index is 1080. The first-order valence-electron chi connectivity index (χ1n) is 8.57. The fourth-order valence-corrected chi connectivity index (χ4v) is 4.69. The van der Waals surface area contributed by atoms with Crippen LogP contribution in [0.25, 0.3) is 10.6 Å². The smallest absolute Gasteiger partial charge is 0.181 e. The Labute approximate surface area is 161 Å². The molecular weight excluding hydrogens is 354 g/mol. The zero-order valence-corrected chi connectivity index (χ0v) is 15.4. The lowest BCUT2D eigenvalue weighted by molar-refractivity contribution is 0.0961. The molecule has 0 aliphatic heterocycles. The number of ketones is 1. The van der Waals surface area contributed by atoms with E-state index in [0.717, 1.165) is 16.1 Å². The zero-order valence-electron chi connectivity index (χ0n) is 14.6. The summed E-state index contributed by atoms with van der Waals surface area (Å²) in [5.41, 5.74) is 1.14. The summed E-state index contributed by atoms with van der Waals surface area (Å²) in [5, 5.41) is 20.1. The molecule has 1 aliphatic rings. The highest BCUT2D eigenvalue weighted by Crippen LogP contribution is 2.65.